The molecule has 15 heavy (non-hydrogen) atoms. The second-order valence-electron chi connectivity index (χ2n) is 2.15. The van der Waals surface area contributed by atoms with E-state index in [1.165, 1.54) is 24.3 Å². The Kier molecular flexibility index (Phi) is 11.0. The fraction of sp³-hybridized carbons (Fsp3) is 0.400. The molecule has 1 aromatic rings. The average molecular weight is 215 g/mol. The molecule has 5 nitrogen and oxygen atoms in total. The van der Waals surface area contributed by atoms with Crippen LogP contribution in [0.25, 0.3) is 0 Å². The predicted octanol–water partition coefficient (Wildman–Crippen LogP) is 2.59. The van der Waals surface area contributed by atoms with E-state index >= 15 is 0 Å². The molecule has 0 amide bonds. The van der Waals surface area contributed by atoms with Crippen LogP contribution in [0.5, 0.6) is 5.75 Å². The number of hydrogen-bond donors (Lipinski definition) is 1. The van der Waals surface area contributed by atoms with E-state index in [1.807, 2.05) is 13.8 Å². The van der Waals surface area contributed by atoms with Gasteiger partial charge in [0.15, 0.2) is 5.75 Å². The molecule has 0 bridgehead atoms. The molecule has 0 aliphatic heterocycles. The van der Waals surface area contributed by atoms with Gasteiger partial charge in [0.2, 0.25) is 0 Å². The number of nitro groups is 1. The van der Waals surface area contributed by atoms with Crippen molar-refractivity contribution in [3.8, 4) is 5.75 Å². The number of benzene rings is 1. The Bertz CT molecular complexity index is 276. The first kappa shape index (κ1) is 15.8. The minimum atomic E-state index is -0.630. The SMILES string of the molecule is CC.COC.O=[N+]([O-])c1ccccc1O. The molecule has 1 aromatic carbocycles. The zero-order chi connectivity index (χ0) is 12.3. The molecule has 1 rings (SSSR count). The molecule has 0 saturated heterocycles. The van der Waals surface area contributed by atoms with Crippen molar-refractivity contribution in [3.05, 3.63) is 34.4 Å². The maximum atomic E-state index is 10.1. The number of phenolic OH excluding ortho intramolecular Hbond substituents is 1. The van der Waals surface area contributed by atoms with E-state index in [0.717, 1.165) is 0 Å². The fourth-order valence-electron chi connectivity index (χ4n) is 0.619. The van der Waals surface area contributed by atoms with Gasteiger partial charge < -0.3 is 9.84 Å². The third-order valence-corrected chi connectivity index (χ3v) is 1.08. The quantitative estimate of drug-likeness (QED) is 0.577. The van der Waals surface area contributed by atoms with Crippen molar-refractivity contribution in [1.29, 1.82) is 0 Å². The molecule has 0 heterocycles. The number of aromatic hydroxyl groups is 1. The van der Waals surface area contributed by atoms with Gasteiger partial charge in [-0.3, -0.25) is 10.1 Å². The molecule has 0 aliphatic carbocycles. The number of methoxy groups -OCH3 is 1. The Hall–Kier alpha value is -1.62. The zero-order valence-corrected chi connectivity index (χ0v) is 9.43. The van der Waals surface area contributed by atoms with Crippen LogP contribution < -0.4 is 0 Å². The van der Waals surface area contributed by atoms with Crippen LogP contribution in [0.1, 0.15) is 13.8 Å². The van der Waals surface area contributed by atoms with Crippen molar-refractivity contribution in [1.82, 2.24) is 0 Å². The van der Waals surface area contributed by atoms with Gasteiger partial charge in [-0.1, -0.05) is 26.0 Å². The van der Waals surface area contributed by atoms with Crippen molar-refractivity contribution < 1.29 is 14.8 Å². The lowest BCUT2D eigenvalue weighted by Crippen LogP contribution is -1.86. The van der Waals surface area contributed by atoms with E-state index in [1.54, 1.807) is 14.2 Å². The highest BCUT2D eigenvalue weighted by atomic mass is 16.6. The summed E-state index contributed by atoms with van der Waals surface area (Å²) in [5.41, 5.74) is -0.262. The highest BCUT2D eigenvalue weighted by Crippen LogP contribution is 2.23. The first-order valence-electron chi connectivity index (χ1n) is 4.46. The third-order valence-electron chi connectivity index (χ3n) is 1.08. The summed E-state index contributed by atoms with van der Waals surface area (Å²) < 4.78 is 4.25. The lowest BCUT2D eigenvalue weighted by Gasteiger charge is -1.91. The molecular formula is C10H17NO4. The second-order valence-corrected chi connectivity index (χ2v) is 2.15. The Labute approximate surface area is 89.5 Å². The fourth-order valence-corrected chi connectivity index (χ4v) is 0.619. The van der Waals surface area contributed by atoms with Crippen LogP contribution in [-0.2, 0) is 4.74 Å². The number of hydrogen-bond acceptors (Lipinski definition) is 4. The Morgan fingerprint density at radius 2 is 1.67 bits per heavy atom. The summed E-state index contributed by atoms with van der Waals surface area (Å²) in [5, 5.41) is 18.9. The second kappa shape index (κ2) is 10.5. The van der Waals surface area contributed by atoms with Crippen molar-refractivity contribution in [2.24, 2.45) is 0 Å². The molecule has 1 N–H and O–H groups in total. The zero-order valence-electron chi connectivity index (χ0n) is 9.43. The van der Waals surface area contributed by atoms with E-state index in [2.05, 4.69) is 4.74 Å². The van der Waals surface area contributed by atoms with E-state index < -0.39 is 4.92 Å². The van der Waals surface area contributed by atoms with E-state index in [4.69, 9.17) is 5.11 Å². The van der Waals surface area contributed by atoms with Crippen LogP contribution in [0.2, 0.25) is 0 Å². The molecule has 0 aromatic heterocycles. The lowest BCUT2D eigenvalue weighted by molar-refractivity contribution is -0.385. The van der Waals surface area contributed by atoms with Crippen LogP contribution in [0.15, 0.2) is 24.3 Å². The number of para-hydroxylation sites is 2. The first-order chi connectivity index (χ1) is 7.13. The Morgan fingerprint density at radius 3 is 1.93 bits per heavy atom. The molecule has 0 unspecified atom stereocenters. The van der Waals surface area contributed by atoms with Crippen LogP contribution >= 0.6 is 0 Å². The summed E-state index contributed by atoms with van der Waals surface area (Å²) in [4.78, 5) is 9.44. The molecule has 0 fully saturated rings. The molecule has 0 aliphatic rings. The van der Waals surface area contributed by atoms with Gasteiger partial charge in [-0.2, -0.15) is 0 Å². The number of ether oxygens (including phenoxy) is 1. The van der Waals surface area contributed by atoms with Crippen molar-refractivity contribution >= 4 is 5.69 Å². The lowest BCUT2D eigenvalue weighted by atomic mass is 10.3. The first-order valence-corrected chi connectivity index (χ1v) is 4.46. The van der Waals surface area contributed by atoms with Gasteiger partial charge in [0.05, 0.1) is 4.92 Å². The number of nitrogens with zero attached hydrogens (tertiary/aromatic N) is 1. The summed E-state index contributed by atoms with van der Waals surface area (Å²) in [6, 6.07) is 5.55. The maximum absolute atomic E-state index is 10.1. The van der Waals surface area contributed by atoms with Gasteiger partial charge in [-0.15, -0.1) is 0 Å². The summed E-state index contributed by atoms with van der Waals surface area (Å²) in [6.45, 7) is 4.00. The van der Waals surface area contributed by atoms with Crippen LogP contribution in [0, 0.1) is 10.1 Å². The standard InChI is InChI=1S/C6H5NO3.C2H6O.C2H6/c8-6-4-2-1-3-5(6)7(9)10;1-3-2;1-2/h1-4,8H;1-2H3;1-2H3. The molecular weight excluding hydrogens is 198 g/mol. The highest BCUT2D eigenvalue weighted by molar-refractivity contribution is 5.44. The molecule has 0 spiro atoms. The minimum absolute atomic E-state index is 0.262. The minimum Gasteiger partial charge on any atom is -0.502 e. The largest absolute Gasteiger partial charge is 0.502 e. The van der Waals surface area contributed by atoms with Gasteiger partial charge in [-0.05, 0) is 6.07 Å². The summed E-state index contributed by atoms with van der Waals surface area (Å²) >= 11 is 0. The third kappa shape index (κ3) is 7.45. The number of rotatable bonds is 1. The van der Waals surface area contributed by atoms with E-state index in [9.17, 15) is 10.1 Å². The number of nitro benzene ring substituents is 1. The summed E-state index contributed by atoms with van der Waals surface area (Å²) in [5.74, 6) is -0.299. The molecule has 0 atom stereocenters. The van der Waals surface area contributed by atoms with Crippen molar-refractivity contribution in [3.63, 3.8) is 0 Å². The van der Waals surface area contributed by atoms with Gasteiger partial charge in [-0.25, -0.2) is 0 Å². The van der Waals surface area contributed by atoms with Crippen molar-refractivity contribution in [2.75, 3.05) is 14.2 Å². The monoisotopic (exact) mass is 215 g/mol. The van der Waals surface area contributed by atoms with Crippen LogP contribution in [0.4, 0.5) is 5.69 Å². The topological polar surface area (TPSA) is 72.6 Å². The average Bonchev–Trinajstić information content (AvgIpc) is 2.22. The van der Waals surface area contributed by atoms with Gasteiger partial charge in [0, 0.05) is 20.3 Å². The summed E-state index contributed by atoms with van der Waals surface area (Å²) in [6.07, 6.45) is 0. The predicted molar refractivity (Wildman–Crippen MR) is 59.0 cm³/mol. The molecule has 86 valence electrons. The van der Waals surface area contributed by atoms with Gasteiger partial charge in [0.25, 0.3) is 0 Å². The molecule has 0 radical (unpaired) electrons. The van der Waals surface area contributed by atoms with Gasteiger partial charge >= 0.3 is 5.69 Å². The van der Waals surface area contributed by atoms with E-state index in [-0.39, 0.29) is 11.4 Å². The molecule has 0 saturated carbocycles. The molecule has 5 heteroatoms. The Morgan fingerprint density at radius 1 is 1.27 bits per heavy atom. The smallest absolute Gasteiger partial charge is 0.310 e. The highest BCUT2D eigenvalue weighted by Gasteiger charge is 2.09. The summed E-state index contributed by atoms with van der Waals surface area (Å²) in [7, 11) is 3.25. The van der Waals surface area contributed by atoms with Gasteiger partial charge in [0.1, 0.15) is 0 Å². The Balaban J connectivity index is 0. The normalized spacial score (nSPS) is 7.73. The maximum Gasteiger partial charge on any atom is 0.310 e. The van der Waals surface area contributed by atoms with Crippen molar-refractivity contribution in [2.45, 2.75) is 13.8 Å². The van der Waals surface area contributed by atoms with Crippen LogP contribution in [-0.4, -0.2) is 24.2 Å². The van der Waals surface area contributed by atoms with E-state index in [0.29, 0.717) is 0 Å². The number of phenols is 1. The van der Waals surface area contributed by atoms with Crippen LogP contribution in [0.3, 0.4) is 0 Å².